The van der Waals surface area contributed by atoms with Crippen molar-refractivity contribution in [2.45, 2.75) is 167 Å². The van der Waals surface area contributed by atoms with Crippen molar-refractivity contribution in [3.8, 4) is 0 Å². The van der Waals surface area contributed by atoms with Crippen LogP contribution in [-0.4, -0.2) is 65.4 Å². The minimum absolute atomic E-state index is 0.0199. The molecule has 0 aromatic carbocycles. The molecule has 0 rings (SSSR count). The van der Waals surface area contributed by atoms with E-state index in [2.05, 4.69) is 12.2 Å². The van der Waals surface area contributed by atoms with Crippen LogP contribution in [0.5, 0.6) is 0 Å². The molecular weight excluding hydrogens is 546 g/mol. The van der Waals surface area contributed by atoms with Crippen LogP contribution in [0, 0.1) is 0 Å². The van der Waals surface area contributed by atoms with Crippen LogP contribution in [0.4, 0.5) is 0 Å². The number of rotatable bonds is 30. The number of imide groups is 1. The highest BCUT2D eigenvalue weighted by molar-refractivity contribution is 6.02. The standard InChI is InChI=1S/C33H65N5O5/c1-2-3-4-5-6-7-8-9-10-11-12-13-14-23-30(39)37-28(21-15-18-25-34)32(41)38(31(40)24-17-20-27-36)29(33(42)43)22-16-19-26-35/h28-29H,2-27,34-36H2,1H3,(H,37,39)(H,42,43)/t28-,29-/m0/s1. The summed E-state index contributed by atoms with van der Waals surface area (Å²) in [4.78, 5) is 53.0. The SMILES string of the molecule is CCCCCCCCCCCCCCCC(=O)N[C@@H](CCCCN)C(=O)N(C(=O)CCCCN)[C@@H](CCCCN)C(=O)O. The Balaban J connectivity index is 5.01. The minimum atomic E-state index is -1.31. The number of unbranched alkanes of at least 4 members (excludes halogenated alkanes) is 15. The van der Waals surface area contributed by atoms with E-state index in [-0.39, 0.29) is 18.7 Å². The molecule has 10 nitrogen and oxygen atoms in total. The molecule has 0 heterocycles. The highest BCUT2D eigenvalue weighted by Gasteiger charge is 2.37. The van der Waals surface area contributed by atoms with E-state index in [4.69, 9.17) is 17.2 Å². The van der Waals surface area contributed by atoms with Crippen molar-refractivity contribution in [3.05, 3.63) is 0 Å². The Labute approximate surface area is 261 Å². The Hall–Kier alpha value is -2.04. The molecule has 252 valence electrons. The molecule has 0 aliphatic carbocycles. The quantitative estimate of drug-likeness (QED) is 0.0691. The summed E-state index contributed by atoms with van der Waals surface area (Å²) >= 11 is 0. The van der Waals surface area contributed by atoms with E-state index in [9.17, 15) is 24.3 Å². The Morgan fingerprint density at radius 2 is 1.05 bits per heavy atom. The molecule has 0 aromatic rings. The molecule has 0 radical (unpaired) electrons. The van der Waals surface area contributed by atoms with Crippen LogP contribution in [0.2, 0.25) is 0 Å². The van der Waals surface area contributed by atoms with Crippen LogP contribution >= 0.6 is 0 Å². The van der Waals surface area contributed by atoms with Crippen LogP contribution in [0.25, 0.3) is 0 Å². The van der Waals surface area contributed by atoms with Gasteiger partial charge in [0.2, 0.25) is 11.8 Å². The third-order valence-corrected chi connectivity index (χ3v) is 7.97. The maximum atomic E-state index is 13.8. The van der Waals surface area contributed by atoms with Crippen molar-refractivity contribution >= 4 is 23.7 Å². The normalized spacial score (nSPS) is 12.6. The summed E-state index contributed by atoms with van der Waals surface area (Å²) < 4.78 is 0. The monoisotopic (exact) mass is 611 g/mol. The number of amides is 3. The van der Waals surface area contributed by atoms with Gasteiger partial charge in [0, 0.05) is 12.8 Å². The molecule has 10 heteroatoms. The number of nitrogens with one attached hydrogen (secondary N) is 1. The molecule has 0 bridgehead atoms. The summed E-state index contributed by atoms with van der Waals surface area (Å²) in [5, 5.41) is 12.8. The number of carbonyl (C=O) groups is 4. The second-order valence-corrected chi connectivity index (χ2v) is 11.9. The first-order valence-electron chi connectivity index (χ1n) is 17.3. The third-order valence-electron chi connectivity index (χ3n) is 7.97. The molecule has 2 atom stereocenters. The second-order valence-electron chi connectivity index (χ2n) is 11.9. The van der Waals surface area contributed by atoms with Crippen LogP contribution < -0.4 is 22.5 Å². The molecule has 0 fully saturated rings. The molecule has 8 N–H and O–H groups in total. The molecular formula is C33H65N5O5. The zero-order valence-corrected chi connectivity index (χ0v) is 27.3. The van der Waals surface area contributed by atoms with E-state index in [0.717, 1.165) is 24.2 Å². The fourth-order valence-electron chi connectivity index (χ4n) is 5.32. The predicted octanol–water partition coefficient (Wildman–Crippen LogP) is 5.15. The molecule has 43 heavy (non-hydrogen) atoms. The van der Waals surface area contributed by atoms with Crippen LogP contribution in [0.1, 0.15) is 155 Å². The van der Waals surface area contributed by atoms with Gasteiger partial charge in [0.05, 0.1) is 0 Å². The van der Waals surface area contributed by atoms with Crippen molar-refractivity contribution in [3.63, 3.8) is 0 Å². The van der Waals surface area contributed by atoms with E-state index in [1.54, 1.807) is 0 Å². The van der Waals surface area contributed by atoms with E-state index in [0.29, 0.717) is 71.0 Å². The first-order valence-corrected chi connectivity index (χ1v) is 17.3. The van der Waals surface area contributed by atoms with E-state index in [1.165, 1.54) is 64.2 Å². The van der Waals surface area contributed by atoms with Crippen molar-refractivity contribution in [2.75, 3.05) is 19.6 Å². The van der Waals surface area contributed by atoms with E-state index < -0.39 is 29.9 Å². The largest absolute Gasteiger partial charge is 0.480 e. The fourth-order valence-corrected chi connectivity index (χ4v) is 5.32. The van der Waals surface area contributed by atoms with Gasteiger partial charge >= 0.3 is 5.97 Å². The zero-order valence-electron chi connectivity index (χ0n) is 27.3. The van der Waals surface area contributed by atoms with Crippen LogP contribution in [0.3, 0.4) is 0 Å². The first-order chi connectivity index (χ1) is 20.8. The van der Waals surface area contributed by atoms with Gasteiger partial charge in [-0.25, -0.2) is 4.79 Å². The lowest BCUT2D eigenvalue weighted by molar-refractivity contribution is -0.160. The number of carbonyl (C=O) groups excluding carboxylic acids is 3. The van der Waals surface area contributed by atoms with E-state index >= 15 is 0 Å². The van der Waals surface area contributed by atoms with Gasteiger partial charge in [-0.1, -0.05) is 84.0 Å². The number of hydrogen-bond acceptors (Lipinski definition) is 7. The Bertz CT molecular complexity index is 736. The summed E-state index contributed by atoms with van der Waals surface area (Å²) in [5.41, 5.74) is 16.8. The maximum Gasteiger partial charge on any atom is 0.326 e. The molecule has 0 aliphatic heterocycles. The number of nitrogens with two attached hydrogens (primary N) is 3. The molecule has 0 saturated carbocycles. The van der Waals surface area contributed by atoms with Crippen molar-refractivity contribution < 1.29 is 24.3 Å². The van der Waals surface area contributed by atoms with Gasteiger partial charge in [-0.2, -0.15) is 0 Å². The van der Waals surface area contributed by atoms with Gasteiger partial charge in [-0.05, 0) is 77.4 Å². The van der Waals surface area contributed by atoms with Gasteiger partial charge in [0.25, 0.3) is 5.91 Å². The van der Waals surface area contributed by atoms with Crippen molar-refractivity contribution in [1.29, 1.82) is 0 Å². The molecule has 0 saturated heterocycles. The second kappa shape index (κ2) is 28.7. The highest BCUT2D eigenvalue weighted by Crippen LogP contribution is 2.18. The Morgan fingerprint density at radius 3 is 1.53 bits per heavy atom. The average molecular weight is 612 g/mol. The van der Waals surface area contributed by atoms with Gasteiger partial charge in [-0.15, -0.1) is 0 Å². The summed E-state index contributed by atoms with van der Waals surface area (Å²) in [7, 11) is 0. The first kappa shape index (κ1) is 41.0. The van der Waals surface area contributed by atoms with Crippen LogP contribution in [0.15, 0.2) is 0 Å². The van der Waals surface area contributed by atoms with Crippen molar-refractivity contribution in [1.82, 2.24) is 10.2 Å². The Morgan fingerprint density at radius 1 is 0.605 bits per heavy atom. The molecule has 0 spiro atoms. The lowest BCUT2D eigenvalue weighted by Gasteiger charge is -2.31. The molecule has 0 aromatic heterocycles. The minimum Gasteiger partial charge on any atom is -0.480 e. The molecule has 3 amide bonds. The van der Waals surface area contributed by atoms with Gasteiger partial charge in [0.1, 0.15) is 12.1 Å². The summed E-state index contributed by atoms with van der Waals surface area (Å²) in [5.74, 6) is -2.70. The zero-order chi connectivity index (χ0) is 32.1. The number of carboxylic acid groups (broad SMARTS) is 1. The molecule has 0 aliphatic rings. The number of carboxylic acids is 1. The smallest absolute Gasteiger partial charge is 0.326 e. The summed E-state index contributed by atoms with van der Waals surface area (Å²) in [6, 6.07) is -2.28. The Kier molecular flexibility index (Phi) is 27.4. The van der Waals surface area contributed by atoms with Crippen LogP contribution in [-0.2, 0) is 19.2 Å². The molecule has 0 unspecified atom stereocenters. The van der Waals surface area contributed by atoms with Crippen molar-refractivity contribution in [2.24, 2.45) is 17.2 Å². The van der Waals surface area contributed by atoms with Gasteiger partial charge < -0.3 is 27.6 Å². The lowest BCUT2D eigenvalue weighted by atomic mass is 10.0. The topological polar surface area (TPSA) is 182 Å². The highest BCUT2D eigenvalue weighted by atomic mass is 16.4. The summed E-state index contributed by atoms with van der Waals surface area (Å²) in [6.07, 6.45) is 19.8. The van der Waals surface area contributed by atoms with Gasteiger partial charge in [0.15, 0.2) is 0 Å². The number of aliphatic carboxylic acids is 1. The number of hydrogen-bond donors (Lipinski definition) is 5. The van der Waals surface area contributed by atoms with Gasteiger partial charge in [-0.3, -0.25) is 19.3 Å². The van der Waals surface area contributed by atoms with E-state index in [1.807, 2.05) is 0 Å². The number of nitrogens with zero attached hydrogens (tertiary/aromatic N) is 1. The maximum absolute atomic E-state index is 13.8. The fraction of sp³-hybridized carbons (Fsp3) is 0.879. The predicted molar refractivity (Wildman–Crippen MR) is 174 cm³/mol. The average Bonchev–Trinajstić information content (AvgIpc) is 2.98. The lowest BCUT2D eigenvalue weighted by Crippen LogP contribution is -2.56. The third kappa shape index (κ3) is 21.3. The summed E-state index contributed by atoms with van der Waals surface area (Å²) in [6.45, 7) is 3.47.